The van der Waals surface area contributed by atoms with Crippen molar-refractivity contribution in [1.82, 2.24) is 4.98 Å². The highest BCUT2D eigenvalue weighted by atomic mass is 79.9. The van der Waals surface area contributed by atoms with Crippen LogP contribution in [0.5, 0.6) is 0 Å². The fourth-order valence-corrected chi connectivity index (χ4v) is 1.83. The quantitative estimate of drug-likeness (QED) is 0.851. The van der Waals surface area contributed by atoms with Gasteiger partial charge in [-0.3, -0.25) is 4.79 Å². The maximum Gasteiger partial charge on any atom is 0.257 e. The topological polar surface area (TPSA) is 62.2 Å². The molecule has 1 aromatic heterocycles. The number of hydrogen-bond acceptors (Lipinski definition) is 3. The molecule has 2 rings (SSSR count). The number of aliphatic hydroxyl groups excluding tert-OH is 1. The van der Waals surface area contributed by atoms with Gasteiger partial charge in [0.2, 0.25) is 0 Å². The summed E-state index contributed by atoms with van der Waals surface area (Å²) in [6.45, 7) is 0.121. The molecule has 1 amide bonds. The van der Waals surface area contributed by atoms with E-state index in [0.29, 0.717) is 16.6 Å². The van der Waals surface area contributed by atoms with Gasteiger partial charge in [0.15, 0.2) is 0 Å². The number of nitrogens with zero attached hydrogens (tertiary/aromatic N) is 1. The second-order valence-corrected chi connectivity index (χ2v) is 4.81. The number of pyridine rings is 1. The van der Waals surface area contributed by atoms with Gasteiger partial charge in [-0.25, -0.2) is 4.98 Å². The van der Waals surface area contributed by atoms with Gasteiger partial charge in [-0.15, -0.1) is 0 Å². The Morgan fingerprint density at radius 3 is 2.53 bits per heavy atom. The van der Waals surface area contributed by atoms with Gasteiger partial charge in [-0.2, -0.15) is 0 Å². The number of aromatic nitrogens is 1. The van der Waals surface area contributed by atoms with E-state index in [9.17, 15) is 4.79 Å². The minimum absolute atomic E-state index is 0.121. The number of carbonyl (C=O) groups excluding carboxylic acids is 1. The summed E-state index contributed by atoms with van der Waals surface area (Å²) < 4.78 is 0.692. The summed E-state index contributed by atoms with van der Waals surface area (Å²) in [5, 5.41) is 11.6. The van der Waals surface area contributed by atoms with E-state index in [4.69, 9.17) is 5.11 Å². The van der Waals surface area contributed by atoms with Gasteiger partial charge >= 0.3 is 0 Å². The second-order valence-electron chi connectivity index (χ2n) is 3.99. The van der Waals surface area contributed by atoms with Gasteiger partial charge in [-0.1, -0.05) is 12.1 Å². The van der Waals surface area contributed by atoms with E-state index in [1.807, 2.05) is 24.3 Å². The van der Waals surface area contributed by atoms with Crippen LogP contribution in [-0.4, -0.2) is 22.6 Å². The number of benzene rings is 1. The average molecular weight is 321 g/mol. The summed E-state index contributed by atoms with van der Waals surface area (Å²) in [7, 11) is 0. The number of nitrogens with one attached hydrogen (secondary N) is 1. The molecular weight excluding hydrogens is 308 g/mol. The summed E-state index contributed by atoms with van der Waals surface area (Å²) >= 11 is 3.22. The Bertz CT molecular complexity index is 553. The summed E-state index contributed by atoms with van der Waals surface area (Å²) in [5.41, 5.74) is 2.25. The fourth-order valence-electron chi connectivity index (χ4n) is 1.60. The molecule has 0 saturated heterocycles. The van der Waals surface area contributed by atoms with Crippen LogP contribution in [0, 0.1) is 0 Å². The van der Waals surface area contributed by atoms with Crippen molar-refractivity contribution in [2.45, 2.75) is 6.42 Å². The minimum atomic E-state index is -0.199. The molecular formula is C14H13BrN2O2. The molecule has 2 aromatic rings. The molecule has 5 heteroatoms. The molecule has 0 fully saturated rings. The number of aliphatic hydroxyl groups is 1. The van der Waals surface area contributed by atoms with Crippen LogP contribution in [0.4, 0.5) is 5.69 Å². The molecule has 0 spiro atoms. The maximum atomic E-state index is 11.9. The van der Waals surface area contributed by atoms with Crippen LogP contribution in [0.3, 0.4) is 0 Å². The number of carbonyl (C=O) groups is 1. The number of anilines is 1. The van der Waals surface area contributed by atoms with Gasteiger partial charge in [0.25, 0.3) is 5.91 Å². The number of rotatable bonds is 4. The zero-order valence-electron chi connectivity index (χ0n) is 10.1. The largest absolute Gasteiger partial charge is 0.396 e. The number of amides is 1. The third-order valence-electron chi connectivity index (χ3n) is 2.60. The highest BCUT2D eigenvalue weighted by Gasteiger charge is 2.06. The molecule has 0 bridgehead atoms. The lowest BCUT2D eigenvalue weighted by Crippen LogP contribution is -2.12. The smallest absolute Gasteiger partial charge is 0.257 e. The fraction of sp³-hybridized carbons (Fsp3) is 0.143. The molecule has 0 aliphatic carbocycles. The van der Waals surface area contributed by atoms with E-state index >= 15 is 0 Å². The zero-order valence-corrected chi connectivity index (χ0v) is 11.7. The van der Waals surface area contributed by atoms with Crippen molar-refractivity contribution in [2.24, 2.45) is 0 Å². The molecule has 2 N–H and O–H groups in total. The number of hydrogen-bond donors (Lipinski definition) is 2. The van der Waals surface area contributed by atoms with Gasteiger partial charge in [-0.05, 0) is 52.2 Å². The Morgan fingerprint density at radius 1 is 1.21 bits per heavy atom. The Hall–Kier alpha value is -1.72. The molecule has 0 radical (unpaired) electrons. The lowest BCUT2D eigenvalue weighted by molar-refractivity contribution is 0.102. The van der Waals surface area contributed by atoms with Crippen molar-refractivity contribution >= 4 is 27.5 Å². The molecule has 0 atom stereocenters. The molecule has 4 nitrogen and oxygen atoms in total. The van der Waals surface area contributed by atoms with Crippen LogP contribution < -0.4 is 5.32 Å². The van der Waals surface area contributed by atoms with Crippen molar-refractivity contribution in [3.63, 3.8) is 0 Å². The zero-order chi connectivity index (χ0) is 13.7. The first kappa shape index (κ1) is 13.7. The summed E-state index contributed by atoms with van der Waals surface area (Å²) in [4.78, 5) is 15.9. The first-order valence-corrected chi connectivity index (χ1v) is 6.61. The lowest BCUT2D eigenvalue weighted by atomic mass is 10.1. The molecule has 19 heavy (non-hydrogen) atoms. The first-order chi connectivity index (χ1) is 9.19. The van der Waals surface area contributed by atoms with E-state index in [1.54, 1.807) is 12.1 Å². The van der Waals surface area contributed by atoms with Gasteiger partial charge in [0.1, 0.15) is 4.60 Å². The van der Waals surface area contributed by atoms with Gasteiger partial charge in [0.05, 0.1) is 5.56 Å². The third-order valence-corrected chi connectivity index (χ3v) is 3.07. The van der Waals surface area contributed by atoms with Crippen LogP contribution >= 0.6 is 15.9 Å². The lowest BCUT2D eigenvalue weighted by Gasteiger charge is -2.06. The molecule has 0 aliphatic rings. The Balaban J connectivity index is 2.04. The Kier molecular flexibility index (Phi) is 4.65. The SMILES string of the molecule is O=C(Nc1ccc(CCO)cc1)c1ccc(Br)nc1. The van der Waals surface area contributed by atoms with Crippen LogP contribution in [0.1, 0.15) is 15.9 Å². The molecule has 0 unspecified atom stereocenters. The van der Waals surface area contributed by atoms with Crippen molar-refractivity contribution in [3.05, 3.63) is 58.3 Å². The van der Waals surface area contributed by atoms with E-state index < -0.39 is 0 Å². The predicted octanol–water partition coefficient (Wildman–Crippen LogP) is 2.63. The summed E-state index contributed by atoms with van der Waals surface area (Å²) in [5.74, 6) is -0.199. The maximum absolute atomic E-state index is 11.9. The van der Waals surface area contributed by atoms with Crippen LogP contribution in [0.25, 0.3) is 0 Å². The third kappa shape index (κ3) is 3.87. The van der Waals surface area contributed by atoms with E-state index in [1.165, 1.54) is 6.20 Å². The molecule has 1 heterocycles. The van der Waals surface area contributed by atoms with Crippen LogP contribution in [-0.2, 0) is 6.42 Å². The van der Waals surface area contributed by atoms with E-state index in [0.717, 1.165) is 11.3 Å². The molecule has 1 aromatic carbocycles. The van der Waals surface area contributed by atoms with Gasteiger partial charge < -0.3 is 10.4 Å². The van der Waals surface area contributed by atoms with Crippen LogP contribution in [0.2, 0.25) is 0 Å². The molecule has 0 aliphatic heterocycles. The van der Waals surface area contributed by atoms with Crippen molar-refractivity contribution < 1.29 is 9.90 Å². The van der Waals surface area contributed by atoms with Gasteiger partial charge in [0, 0.05) is 18.5 Å². The number of halogens is 1. The van der Waals surface area contributed by atoms with Crippen molar-refractivity contribution in [2.75, 3.05) is 11.9 Å². The average Bonchev–Trinajstić information content (AvgIpc) is 2.42. The summed E-state index contributed by atoms with van der Waals surface area (Å²) in [6, 6.07) is 10.8. The van der Waals surface area contributed by atoms with Crippen LogP contribution in [0.15, 0.2) is 47.2 Å². The predicted molar refractivity (Wildman–Crippen MR) is 77.1 cm³/mol. The Morgan fingerprint density at radius 2 is 1.95 bits per heavy atom. The molecule has 98 valence electrons. The first-order valence-electron chi connectivity index (χ1n) is 5.82. The van der Waals surface area contributed by atoms with E-state index in [2.05, 4.69) is 26.2 Å². The highest BCUT2D eigenvalue weighted by Crippen LogP contribution is 2.12. The molecule has 0 saturated carbocycles. The van der Waals surface area contributed by atoms with Crippen molar-refractivity contribution in [3.8, 4) is 0 Å². The monoisotopic (exact) mass is 320 g/mol. The standard InChI is InChI=1S/C14H13BrN2O2/c15-13-6-3-11(9-16-13)14(19)17-12-4-1-10(2-5-12)7-8-18/h1-6,9,18H,7-8H2,(H,17,19). The van der Waals surface area contributed by atoms with Crippen molar-refractivity contribution in [1.29, 1.82) is 0 Å². The second kappa shape index (κ2) is 6.45. The van der Waals surface area contributed by atoms with E-state index in [-0.39, 0.29) is 12.5 Å². The summed E-state index contributed by atoms with van der Waals surface area (Å²) in [6.07, 6.45) is 2.13. The Labute approximate surface area is 119 Å². The highest BCUT2D eigenvalue weighted by molar-refractivity contribution is 9.10. The normalized spacial score (nSPS) is 10.2. The minimum Gasteiger partial charge on any atom is -0.396 e.